The molecule has 0 radical (unpaired) electrons. The van der Waals surface area contributed by atoms with Crippen molar-refractivity contribution in [1.29, 1.82) is 0 Å². The summed E-state index contributed by atoms with van der Waals surface area (Å²) in [4.78, 5) is 15.0. The van der Waals surface area contributed by atoms with E-state index in [2.05, 4.69) is 4.99 Å². The van der Waals surface area contributed by atoms with Gasteiger partial charge in [0.2, 0.25) is 11.8 Å². The summed E-state index contributed by atoms with van der Waals surface area (Å²) in [5, 5.41) is 39.1. The number of nitrogens with zero attached hydrogens (tertiary/aromatic N) is 1. The lowest BCUT2D eigenvalue weighted by molar-refractivity contribution is -0.129. The molecule has 8 heteroatoms. The zero-order valence-electron chi connectivity index (χ0n) is 16.1. The van der Waals surface area contributed by atoms with Crippen LogP contribution >= 0.6 is 0 Å². The van der Waals surface area contributed by atoms with Gasteiger partial charge in [0.25, 0.3) is 0 Å². The molecule has 0 aromatic carbocycles. The first-order valence-corrected chi connectivity index (χ1v) is 10.1. The average Bonchev–Trinajstić information content (AvgIpc) is 3.29. The summed E-state index contributed by atoms with van der Waals surface area (Å²) in [6.07, 6.45) is 7.17. The molecule has 1 unspecified atom stereocenters. The summed E-state index contributed by atoms with van der Waals surface area (Å²) in [5.74, 6) is 0.0417. The standard InChI is InChI=1S/C20H32N2O6/c23-14(13-21-20-8-5-11-28-20)9-10-16-15(17(24)12-18(16)25)6-3-1-2-4-7-19(26)22-27/h5,8,11,13-18,23-25,27H,1-4,6-7,9-10,12H2,(H,22,26)/b21-13+/t14?,15-,16-,17+,18-/m1/s1. The van der Waals surface area contributed by atoms with Gasteiger partial charge in [-0.05, 0) is 50.0 Å². The summed E-state index contributed by atoms with van der Waals surface area (Å²) in [5.41, 5.74) is 1.62. The van der Waals surface area contributed by atoms with E-state index in [4.69, 9.17) is 9.62 Å². The topological polar surface area (TPSA) is 136 Å². The minimum atomic E-state index is -0.728. The SMILES string of the molecule is O=C(CCCCCC[C@@H]1[C@@H](CCC(O)/C=N/c2ccco2)[C@H](O)C[C@@H]1O)NO. The number of hydroxylamine groups is 1. The number of unbranched alkanes of at least 4 members (excludes halogenated alkanes) is 3. The zero-order chi connectivity index (χ0) is 20.4. The van der Waals surface area contributed by atoms with Crippen LogP contribution < -0.4 is 5.48 Å². The highest BCUT2D eigenvalue weighted by molar-refractivity contribution is 5.74. The van der Waals surface area contributed by atoms with Crippen molar-refractivity contribution in [2.75, 3.05) is 0 Å². The lowest BCUT2D eigenvalue weighted by atomic mass is 9.85. The second-order valence-electron chi connectivity index (χ2n) is 7.56. The van der Waals surface area contributed by atoms with Gasteiger partial charge < -0.3 is 19.7 Å². The maximum absolute atomic E-state index is 11.0. The monoisotopic (exact) mass is 396 g/mol. The molecule has 5 N–H and O–H groups in total. The Hall–Kier alpha value is -1.74. The largest absolute Gasteiger partial charge is 0.447 e. The Kier molecular flexibility index (Phi) is 9.63. The summed E-state index contributed by atoms with van der Waals surface area (Å²) in [7, 11) is 0. The minimum Gasteiger partial charge on any atom is -0.447 e. The number of carbonyl (C=O) groups excluding carboxylic acids is 1. The molecule has 1 saturated carbocycles. The molecule has 1 aliphatic carbocycles. The van der Waals surface area contributed by atoms with Crippen molar-refractivity contribution in [3.63, 3.8) is 0 Å². The lowest BCUT2D eigenvalue weighted by Crippen LogP contribution is -2.24. The maximum atomic E-state index is 11.0. The van der Waals surface area contributed by atoms with Gasteiger partial charge in [0.1, 0.15) is 0 Å². The van der Waals surface area contributed by atoms with Crippen LogP contribution in [0, 0.1) is 11.8 Å². The summed E-state index contributed by atoms with van der Waals surface area (Å²) >= 11 is 0. The Bertz CT molecular complexity index is 592. The molecular formula is C20H32N2O6. The molecule has 1 aliphatic rings. The zero-order valence-corrected chi connectivity index (χ0v) is 16.1. The molecule has 8 nitrogen and oxygen atoms in total. The van der Waals surface area contributed by atoms with E-state index in [9.17, 15) is 20.1 Å². The Labute approximate surface area is 165 Å². The molecule has 0 saturated heterocycles. The molecule has 0 spiro atoms. The van der Waals surface area contributed by atoms with Gasteiger partial charge in [0.15, 0.2) is 0 Å². The van der Waals surface area contributed by atoms with E-state index < -0.39 is 18.3 Å². The first kappa shape index (κ1) is 22.5. The molecule has 158 valence electrons. The second kappa shape index (κ2) is 12.0. The first-order valence-electron chi connectivity index (χ1n) is 10.1. The predicted molar refractivity (Wildman–Crippen MR) is 103 cm³/mol. The molecule has 28 heavy (non-hydrogen) atoms. The van der Waals surface area contributed by atoms with Crippen molar-refractivity contribution < 1.29 is 29.7 Å². The molecule has 1 fully saturated rings. The molecule has 1 amide bonds. The molecule has 0 bridgehead atoms. The number of aliphatic imine (C=N–C) groups is 1. The van der Waals surface area contributed by atoms with E-state index in [0.29, 0.717) is 38.0 Å². The predicted octanol–water partition coefficient (Wildman–Crippen LogP) is 2.33. The van der Waals surface area contributed by atoms with Gasteiger partial charge in [-0.3, -0.25) is 10.0 Å². The van der Waals surface area contributed by atoms with Crippen molar-refractivity contribution in [2.24, 2.45) is 16.8 Å². The normalized spacial score (nSPS) is 26.0. The van der Waals surface area contributed by atoms with Crippen molar-refractivity contribution in [3.05, 3.63) is 18.4 Å². The van der Waals surface area contributed by atoms with Crippen molar-refractivity contribution >= 4 is 18.0 Å². The van der Waals surface area contributed by atoms with Crippen LogP contribution in [-0.4, -0.2) is 51.0 Å². The van der Waals surface area contributed by atoms with E-state index in [0.717, 1.165) is 25.7 Å². The van der Waals surface area contributed by atoms with Crippen LogP contribution in [0.15, 0.2) is 27.8 Å². The smallest absolute Gasteiger partial charge is 0.243 e. The highest BCUT2D eigenvalue weighted by Gasteiger charge is 2.40. The number of nitrogens with one attached hydrogen (secondary N) is 1. The molecule has 1 heterocycles. The lowest BCUT2D eigenvalue weighted by Gasteiger charge is -2.24. The number of hydrogen-bond donors (Lipinski definition) is 5. The molecule has 1 aromatic heterocycles. The van der Waals surface area contributed by atoms with Gasteiger partial charge in [0, 0.05) is 18.7 Å². The van der Waals surface area contributed by atoms with Gasteiger partial charge in [-0.25, -0.2) is 10.5 Å². The Morgan fingerprint density at radius 2 is 1.93 bits per heavy atom. The Morgan fingerprint density at radius 3 is 2.61 bits per heavy atom. The van der Waals surface area contributed by atoms with Gasteiger partial charge in [0.05, 0.1) is 24.6 Å². The van der Waals surface area contributed by atoms with Gasteiger partial charge in [-0.1, -0.05) is 19.3 Å². The highest BCUT2D eigenvalue weighted by Crippen LogP contribution is 2.39. The third-order valence-electron chi connectivity index (χ3n) is 5.51. The number of hydrogen-bond acceptors (Lipinski definition) is 7. The van der Waals surface area contributed by atoms with Gasteiger partial charge >= 0.3 is 0 Å². The quantitative estimate of drug-likeness (QED) is 0.159. The van der Waals surface area contributed by atoms with Crippen molar-refractivity contribution in [3.8, 4) is 0 Å². The summed E-state index contributed by atoms with van der Waals surface area (Å²) in [6.45, 7) is 0. The van der Waals surface area contributed by atoms with E-state index >= 15 is 0 Å². The fraction of sp³-hybridized carbons (Fsp3) is 0.700. The minimum absolute atomic E-state index is 0.0185. The third kappa shape index (κ3) is 7.35. The fourth-order valence-electron chi connectivity index (χ4n) is 4.00. The summed E-state index contributed by atoms with van der Waals surface area (Å²) in [6, 6.07) is 3.42. The van der Waals surface area contributed by atoms with Crippen LogP contribution in [0.1, 0.15) is 57.8 Å². The number of aliphatic hydroxyl groups excluding tert-OH is 3. The highest BCUT2D eigenvalue weighted by atomic mass is 16.5. The van der Waals surface area contributed by atoms with Gasteiger partial charge in [-0.15, -0.1) is 0 Å². The van der Waals surface area contributed by atoms with Crippen LogP contribution in [-0.2, 0) is 4.79 Å². The molecular weight excluding hydrogens is 364 g/mol. The summed E-state index contributed by atoms with van der Waals surface area (Å²) < 4.78 is 5.09. The van der Waals surface area contributed by atoms with E-state index in [1.807, 2.05) is 0 Å². The van der Waals surface area contributed by atoms with Crippen LogP contribution in [0.25, 0.3) is 0 Å². The van der Waals surface area contributed by atoms with Crippen LogP contribution in [0.4, 0.5) is 5.88 Å². The Balaban J connectivity index is 1.71. The van der Waals surface area contributed by atoms with Crippen LogP contribution in [0.2, 0.25) is 0 Å². The van der Waals surface area contributed by atoms with E-state index in [-0.39, 0.29) is 17.7 Å². The number of aliphatic hydroxyl groups is 3. The van der Waals surface area contributed by atoms with E-state index in [1.54, 1.807) is 17.6 Å². The number of amides is 1. The third-order valence-corrected chi connectivity index (χ3v) is 5.51. The van der Waals surface area contributed by atoms with Crippen LogP contribution in [0.3, 0.4) is 0 Å². The van der Waals surface area contributed by atoms with Crippen LogP contribution in [0.5, 0.6) is 0 Å². The average molecular weight is 396 g/mol. The number of furan rings is 1. The molecule has 5 atom stereocenters. The van der Waals surface area contributed by atoms with Gasteiger partial charge in [-0.2, -0.15) is 0 Å². The molecule has 0 aliphatic heterocycles. The van der Waals surface area contributed by atoms with Crippen molar-refractivity contribution in [1.82, 2.24) is 5.48 Å². The number of carbonyl (C=O) groups is 1. The first-order chi connectivity index (χ1) is 13.5. The maximum Gasteiger partial charge on any atom is 0.243 e. The molecule has 2 rings (SSSR count). The number of rotatable bonds is 12. The Morgan fingerprint density at radius 1 is 1.21 bits per heavy atom. The second-order valence-corrected chi connectivity index (χ2v) is 7.56. The molecule has 1 aromatic rings. The fourth-order valence-corrected chi connectivity index (χ4v) is 4.00. The van der Waals surface area contributed by atoms with Crippen molar-refractivity contribution in [2.45, 2.75) is 76.1 Å². The van der Waals surface area contributed by atoms with E-state index in [1.165, 1.54) is 12.5 Å².